The lowest BCUT2D eigenvalue weighted by molar-refractivity contribution is 0.0523. The molecular weight excluding hydrogens is 244 g/mol. The molecule has 3 N–H and O–H groups in total. The van der Waals surface area contributed by atoms with Crippen LogP contribution in [0.4, 0.5) is 10.5 Å². The number of hydrogen-bond acceptors (Lipinski definition) is 4. The van der Waals surface area contributed by atoms with Gasteiger partial charge in [0.05, 0.1) is 6.61 Å². The largest absolute Gasteiger partial charge is 0.444 e. The molecular formula is C14H22N2O3. The van der Waals surface area contributed by atoms with Crippen molar-refractivity contribution in [1.82, 2.24) is 5.32 Å². The lowest BCUT2D eigenvalue weighted by atomic mass is 10.2. The van der Waals surface area contributed by atoms with E-state index in [1.807, 2.05) is 45.0 Å². The van der Waals surface area contributed by atoms with Crippen LogP contribution in [-0.4, -0.2) is 30.0 Å². The second-order valence-corrected chi connectivity index (χ2v) is 5.21. The summed E-state index contributed by atoms with van der Waals surface area (Å²) in [5, 5.41) is 14.5. The van der Waals surface area contributed by atoms with Gasteiger partial charge in [-0.2, -0.15) is 0 Å². The van der Waals surface area contributed by atoms with Crippen molar-refractivity contribution in [2.24, 2.45) is 0 Å². The van der Waals surface area contributed by atoms with E-state index < -0.39 is 11.7 Å². The Morgan fingerprint density at radius 1 is 1.37 bits per heavy atom. The molecule has 0 aliphatic carbocycles. The number of hydrogen-bond donors (Lipinski definition) is 3. The van der Waals surface area contributed by atoms with E-state index in [1.54, 1.807) is 0 Å². The highest BCUT2D eigenvalue weighted by Crippen LogP contribution is 2.11. The van der Waals surface area contributed by atoms with Crippen LogP contribution in [0, 0.1) is 0 Å². The van der Waals surface area contributed by atoms with Crippen LogP contribution in [0.3, 0.4) is 0 Å². The summed E-state index contributed by atoms with van der Waals surface area (Å²) >= 11 is 0. The summed E-state index contributed by atoms with van der Waals surface area (Å²) in [6, 6.07) is 7.65. The van der Waals surface area contributed by atoms with Crippen molar-refractivity contribution in [3.63, 3.8) is 0 Å². The third kappa shape index (κ3) is 6.67. The Morgan fingerprint density at radius 3 is 2.74 bits per heavy atom. The monoisotopic (exact) mass is 266 g/mol. The summed E-state index contributed by atoms with van der Waals surface area (Å²) in [7, 11) is 0. The van der Waals surface area contributed by atoms with Crippen molar-refractivity contribution in [2.45, 2.75) is 32.9 Å². The molecule has 106 valence electrons. The maximum absolute atomic E-state index is 11.5. The van der Waals surface area contributed by atoms with Gasteiger partial charge in [-0.25, -0.2) is 4.79 Å². The minimum atomic E-state index is -0.491. The first-order valence-corrected chi connectivity index (χ1v) is 6.31. The van der Waals surface area contributed by atoms with Gasteiger partial charge in [0.1, 0.15) is 5.60 Å². The van der Waals surface area contributed by atoms with Crippen LogP contribution >= 0.6 is 0 Å². The van der Waals surface area contributed by atoms with Crippen LogP contribution in [0.2, 0.25) is 0 Å². The Kier molecular flexibility index (Phi) is 5.63. The van der Waals surface area contributed by atoms with E-state index in [1.165, 1.54) is 0 Å². The van der Waals surface area contributed by atoms with E-state index in [9.17, 15) is 4.79 Å². The first-order chi connectivity index (χ1) is 8.90. The molecule has 0 unspecified atom stereocenters. The number of carbonyl (C=O) groups is 1. The molecule has 0 bridgehead atoms. The molecule has 1 aromatic carbocycles. The van der Waals surface area contributed by atoms with E-state index in [2.05, 4.69) is 10.6 Å². The zero-order valence-electron chi connectivity index (χ0n) is 11.7. The second kappa shape index (κ2) is 6.99. The molecule has 0 radical (unpaired) electrons. The Hall–Kier alpha value is -1.75. The van der Waals surface area contributed by atoms with E-state index in [4.69, 9.17) is 9.84 Å². The molecule has 5 heteroatoms. The van der Waals surface area contributed by atoms with E-state index in [0.29, 0.717) is 13.1 Å². The maximum Gasteiger partial charge on any atom is 0.407 e. The van der Waals surface area contributed by atoms with Crippen LogP contribution in [0.25, 0.3) is 0 Å². The van der Waals surface area contributed by atoms with Gasteiger partial charge >= 0.3 is 6.09 Å². The van der Waals surface area contributed by atoms with Gasteiger partial charge in [-0.05, 0) is 38.5 Å². The van der Waals surface area contributed by atoms with Gasteiger partial charge in [0, 0.05) is 18.8 Å². The summed E-state index contributed by atoms with van der Waals surface area (Å²) < 4.78 is 5.16. The van der Waals surface area contributed by atoms with Crippen molar-refractivity contribution in [1.29, 1.82) is 0 Å². The highest BCUT2D eigenvalue weighted by molar-refractivity contribution is 5.67. The van der Waals surface area contributed by atoms with Gasteiger partial charge in [-0.15, -0.1) is 0 Å². The van der Waals surface area contributed by atoms with Gasteiger partial charge in [-0.3, -0.25) is 0 Å². The number of aliphatic hydroxyl groups is 1. The number of alkyl carbamates (subject to hydrolysis) is 1. The molecule has 5 nitrogen and oxygen atoms in total. The molecule has 1 amide bonds. The molecule has 0 heterocycles. The Balaban J connectivity index is 2.46. The van der Waals surface area contributed by atoms with Gasteiger partial charge in [0.25, 0.3) is 0 Å². The molecule has 0 saturated carbocycles. The first kappa shape index (κ1) is 15.3. The van der Waals surface area contributed by atoms with Gasteiger partial charge < -0.3 is 20.5 Å². The minimum absolute atomic E-state index is 0.0837. The highest BCUT2D eigenvalue weighted by atomic mass is 16.6. The fourth-order valence-corrected chi connectivity index (χ4v) is 1.48. The lowest BCUT2D eigenvalue weighted by Crippen LogP contribution is -2.32. The summed E-state index contributed by atoms with van der Waals surface area (Å²) in [6.45, 7) is 6.47. The number of benzene rings is 1. The van der Waals surface area contributed by atoms with E-state index in [0.717, 1.165) is 11.3 Å². The molecule has 0 aromatic heterocycles. The van der Waals surface area contributed by atoms with Crippen molar-refractivity contribution in [3.8, 4) is 0 Å². The maximum atomic E-state index is 11.5. The zero-order valence-corrected chi connectivity index (χ0v) is 11.7. The van der Waals surface area contributed by atoms with Gasteiger partial charge in [0.15, 0.2) is 0 Å². The molecule has 0 atom stereocenters. The summed E-state index contributed by atoms with van der Waals surface area (Å²) in [5.41, 5.74) is 1.39. The fourth-order valence-electron chi connectivity index (χ4n) is 1.48. The number of aliphatic hydroxyl groups excluding tert-OH is 1. The third-order valence-corrected chi connectivity index (χ3v) is 2.20. The van der Waals surface area contributed by atoms with E-state index in [-0.39, 0.29) is 6.61 Å². The molecule has 1 aromatic rings. The number of ether oxygens (including phenoxy) is 1. The Bertz CT molecular complexity index is 413. The zero-order chi connectivity index (χ0) is 14.3. The molecule has 19 heavy (non-hydrogen) atoms. The number of anilines is 1. The number of amides is 1. The van der Waals surface area contributed by atoms with Crippen molar-refractivity contribution in [2.75, 3.05) is 18.5 Å². The molecule has 0 spiro atoms. The van der Waals surface area contributed by atoms with Gasteiger partial charge in [0.2, 0.25) is 0 Å². The topological polar surface area (TPSA) is 70.6 Å². The van der Waals surface area contributed by atoms with Crippen molar-refractivity contribution >= 4 is 11.8 Å². The van der Waals surface area contributed by atoms with Gasteiger partial charge in [-0.1, -0.05) is 12.1 Å². The smallest absolute Gasteiger partial charge is 0.407 e. The standard InChI is InChI=1S/C14H22N2O3/c1-14(2,3)19-13(18)16-10-11-5-4-6-12(9-11)15-7-8-17/h4-6,9,15,17H,7-8,10H2,1-3H3,(H,16,18). The first-order valence-electron chi connectivity index (χ1n) is 6.31. The van der Waals surface area contributed by atoms with E-state index >= 15 is 0 Å². The predicted octanol–water partition coefficient (Wildman–Crippen LogP) is 2.12. The van der Waals surface area contributed by atoms with Crippen molar-refractivity contribution in [3.05, 3.63) is 29.8 Å². The van der Waals surface area contributed by atoms with Crippen LogP contribution in [0.5, 0.6) is 0 Å². The Labute approximate surface area is 114 Å². The molecule has 1 rings (SSSR count). The average molecular weight is 266 g/mol. The van der Waals surface area contributed by atoms with Crippen LogP contribution in [-0.2, 0) is 11.3 Å². The molecule has 0 saturated heterocycles. The highest BCUT2D eigenvalue weighted by Gasteiger charge is 2.15. The number of carbonyl (C=O) groups excluding carboxylic acids is 1. The Morgan fingerprint density at radius 2 is 2.11 bits per heavy atom. The summed E-state index contributed by atoms with van der Waals surface area (Å²) in [6.07, 6.45) is -0.429. The molecule has 0 aliphatic heterocycles. The molecule has 0 aliphatic rings. The fraction of sp³-hybridized carbons (Fsp3) is 0.500. The summed E-state index contributed by atoms with van der Waals surface area (Å²) in [4.78, 5) is 11.5. The normalized spacial score (nSPS) is 10.9. The predicted molar refractivity (Wildman–Crippen MR) is 75.1 cm³/mol. The van der Waals surface area contributed by atoms with Crippen LogP contribution < -0.4 is 10.6 Å². The average Bonchev–Trinajstić information content (AvgIpc) is 2.32. The molecule has 0 fully saturated rings. The third-order valence-electron chi connectivity index (χ3n) is 2.20. The second-order valence-electron chi connectivity index (χ2n) is 5.21. The number of rotatable bonds is 5. The minimum Gasteiger partial charge on any atom is -0.444 e. The quantitative estimate of drug-likeness (QED) is 0.763. The number of nitrogens with one attached hydrogen (secondary N) is 2. The SMILES string of the molecule is CC(C)(C)OC(=O)NCc1cccc(NCCO)c1. The van der Waals surface area contributed by atoms with Crippen LogP contribution in [0.1, 0.15) is 26.3 Å². The summed E-state index contributed by atoms with van der Waals surface area (Å²) in [5.74, 6) is 0. The van der Waals surface area contributed by atoms with Crippen LogP contribution in [0.15, 0.2) is 24.3 Å². The lowest BCUT2D eigenvalue weighted by Gasteiger charge is -2.19. The van der Waals surface area contributed by atoms with Crippen molar-refractivity contribution < 1.29 is 14.6 Å².